The molecular weight excluding hydrogens is 298 g/mol. The minimum atomic E-state index is 0.563. The molecule has 1 aromatic heterocycles. The first-order valence-corrected chi connectivity index (χ1v) is 7.99. The monoisotopic (exact) mass is 317 g/mol. The van der Waals surface area contributed by atoms with Crippen molar-refractivity contribution in [3.05, 3.63) is 46.9 Å². The van der Waals surface area contributed by atoms with E-state index in [4.69, 9.17) is 12.2 Å². The third-order valence-corrected chi connectivity index (χ3v) is 4.07. The SMILES string of the molecule is C=CCNC(=S)Nc1nc(-c2c(C)cc(C)cc2C)cs1. The van der Waals surface area contributed by atoms with Crippen molar-refractivity contribution in [2.24, 2.45) is 0 Å². The van der Waals surface area contributed by atoms with Crippen molar-refractivity contribution in [1.29, 1.82) is 0 Å². The summed E-state index contributed by atoms with van der Waals surface area (Å²) in [5.74, 6) is 0. The lowest BCUT2D eigenvalue weighted by Gasteiger charge is -2.09. The minimum absolute atomic E-state index is 0.563. The number of thiazole rings is 1. The summed E-state index contributed by atoms with van der Waals surface area (Å²) in [4.78, 5) is 4.63. The van der Waals surface area contributed by atoms with Crippen LogP contribution in [0.4, 0.5) is 5.13 Å². The first-order valence-electron chi connectivity index (χ1n) is 6.70. The number of benzene rings is 1. The fourth-order valence-corrected chi connectivity index (χ4v) is 3.29. The Morgan fingerprint density at radius 3 is 2.62 bits per heavy atom. The van der Waals surface area contributed by atoms with E-state index in [2.05, 4.69) is 60.5 Å². The summed E-state index contributed by atoms with van der Waals surface area (Å²) in [6.07, 6.45) is 1.76. The Labute approximate surface area is 135 Å². The molecule has 5 heteroatoms. The van der Waals surface area contributed by atoms with Gasteiger partial charge in [0.25, 0.3) is 0 Å². The van der Waals surface area contributed by atoms with Gasteiger partial charge in [-0.3, -0.25) is 0 Å². The van der Waals surface area contributed by atoms with Crippen molar-refractivity contribution >= 4 is 33.8 Å². The molecule has 2 aromatic rings. The molecule has 0 unspecified atom stereocenters. The Morgan fingerprint density at radius 1 is 1.33 bits per heavy atom. The second kappa shape index (κ2) is 6.83. The second-order valence-corrected chi connectivity index (χ2v) is 6.20. The first-order chi connectivity index (χ1) is 10.0. The highest BCUT2D eigenvalue weighted by Gasteiger charge is 2.11. The van der Waals surface area contributed by atoms with E-state index in [-0.39, 0.29) is 0 Å². The first kappa shape index (κ1) is 15.7. The number of anilines is 1. The van der Waals surface area contributed by atoms with E-state index < -0.39 is 0 Å². The Bertz CT molecular complexity index is 651. The molecule has 0 fully saturated rings. The zero-order valence-corrected chi connectivity index (χ0v) is 14.1. The van der Waals surface area contributed by atoms with Crippen LogP contribution in [0.15, 0.2) is 30.2 Å². The molecule has 2 rings (SSSR count). The Morgan fingerprint density at radius 2 is 2.00 bits per heavy atom. The second-order valence-electron chi connectivity index (χ2n) is 4.94. The lowest BCUT2D eigenvalue weighted by Crippen LogP contribution is -2.28. The molecule has 0 aliphatic heterocycles. The van der Waals surface area contributed by atoms with E-state index >= 15 is 0 Å². The zero-order chi connectivity index (χ0) is 15.4. The fraction of sp³-hybridized carbons (Fsp3) is 0.250. The zero-order valence-electron chi connectivity index (χ0n) is 12.5. The van der Waals surface area contributed by atoms with Gasteiger partial charge < -0.3 is 10.6 Å². The molecule has 0 aliphatic carbocycles. The number of hydrogen-bond donors (Lipinski definition) is 2. The Hall–Kier alpha value is -1.72. The summed E-state index contributed by atoms with van der Waals surface area (Å²) in [5.41, 5.74) is 5.96. The van der Waals surface area contributed by atoms with Gasteiger partial charge in [0.2, 0.25) is 0 Å². The van der Waals surface area contributed by atoms with Crippen molar-refractivity contribution in [3.63, 3.8) is 0 Å². The van der Waals surface area contributed by atoms with Crippen LogP contribution in [0, 0.1) is 20.8 Å². The van der Waals surface area contributed by atoms with E-state index in [1.165, 1.54) is 22.3 Å². The molecule has 21 heavy (non-hydrogen) atoms. The van der Waals surface area contributed by atoms with Gasteiger partial charge in [0.15, 0.2) is 10.2 Å². The molecule has 1 heterocycles. The summed E-state index contributed by atoms with van der Waals surface area (Å²) in [7, 11) is 0. The average Bonchev–Trinajstić information content (AvgIpc) is 2.83. The van der Waals surface area contributed by atoms with Crippen molar-refractivity contribution < 1.29 is 0 Å². The number of thiocarbonyl (C=S) groups is 1. The van der Waals surface area contributed by atoms with Crippen LogP contribution in [0.3, 0.4) is 0 Å². The van der Waals surface area contributed by atoms with Crippen LogP contribution in [-0.4, -0.2) is 16.6 Å². The molecule has 0 bridgehead atoms. The Balaban J connectivity index is 2.20. The van der Waals surface area contributed by atoms with Crippen LogP contribution in [0.5, 0.6) is 0 Å². The van der Waals surface area contributed by atoms with E-state index in [1.807, 2.05) is 0 Å². The van der Waals surface area contributed by atoms with Gasteiger partial charge in [-0.2, -0.15) is 0 Å². The molecule has 0 saturated carbocycles. The lowest BCUT2D eigenvalue weighted by atomic mass is 9.98. The van der Waals surface area contributed by atoms with Gasteiger partial charge >= 0.3 is 0 Å². The van der Waals surface area contributed by atoms with E-state index in [1.54, 1.807) is 17.4 Å². The van der Waals surface area contributed by atoms with Crippen molar-refractivity contribution in [3.8, 4) is 11.3 Å². The largest absolute Gasteiger partial charge is 0.359 e. The maximum Gasteiger partial charge on any atom is 0.189 e. The van der Waals surface area contributed by atoms with E-state index in [9.17, 15) is 0 Å². The van der Waals surface area contributed by atoms with Crippen LogP contribution in [0.25, 0.3) is 11.3 Å². The van der Waals surface area contributed by atoms with Crippen LogP contribution >= 0.6 is 23.6 Å². The molecule has 3 nitrogen and oxygen atoms in total. The lowest BCUT2D eigenvalue weighted by molar-refractivity contribution is 1.06. The molecule has 2 N–H and O–H groups in total. The molecule has 0 amide bonds. The summed E-state index contributed by atoms with van der Waals surface area (Å²) < 4.78 is 0. The van der Waals surface area contributed by atoms with Gasteiger partial charge in [-0.1, -0.05) is 23.8 Å². The fourth-order valence-electron chi connectivity index (χ4n) is 2.34. The number of rotatable bonds is 4. The van der Waals surface area contributed by atoms with Crippen LogP contribution in [0.1, 0.15) is 16.7 Å². The summed E-state index contributed by atoms with van der Waals surface area (Å²) in [6.45, 7) is 10.6. The van der Waals surface area contributed by atoms with Gasteiger partial charge in [0, 0.05) is 17.5 Å². The molecule has 1 aromatic carbocycles. The van der Waals surface area contributed by atoms with E-state index in [0.29, 0.717) is 11.7 Å². The number of nitrogens with zero attached hydrogens (tertiary/aromatic N) is 1. The topological polar surface area (TPSA) is 37.0 Å². The van der Waals surface area contributed by atoms with Crippen LogP contribution < -0.4 is 10.6 Å². The van der Waals surface area contributed by atoms with Gasteiger partial charge in [0.1, 0.15) is 0 Å². The highest BCUT2D eigenvalue weighted by Crippen LogP contribution is 2.30. The standard InChI is InChI=1S/C16H19N3S2/c1-5-6-17-15(20)19-16-18-13(9-21-16)14-11(3)7-10(2)8-12(14)4/h5,7-9H,1,6H2,2-4H3,(H2,17,18,19,20). The Kier molecular flexibility index (Phi) is 5.09. The summed E-state index contributed by atoms with van der Waals surface area (Å²) >= 11 is 6.74. The predicted molar refractivity (Wildman–Crippen MR) is 96.2 cm³/mol. The predicted octanol–water partition coefficient (Wildman–Crippen LogP) is 4.21. The van der Waals surface area contributed by atoms with Crippen molar-refractivity contribution in [2.75, 3.05) is 11.9 Å². The van der Waals surface area contributed by atoms with Gasteiger partial charge in [-0.25, -0.2) is 4.98 Å². The normalized spacial score (nSPS) is 10.2. The minimum Gasteiger partial charge on any atom is -0.359 e. The van der Waals surface area contributed by atoms with Crippen LogP contribution in [0.2, 0.25) is 0 Å². The number of hydrogen-bond acceptors (Lipinski definition) is 3. The highest BCUT2D eigenvalue weighted by molar-refractivity contribution is 7.80. The van der Waals surface area contributed by atoms with Gasteiger partial charge in [-0.15, -0.1) is 17.9 Å². The summed E-state index contributed by atoms with van der Waals surface area (Å²) in [6, 6.07) is 4.37. The number of nitrogens with one attached hydrogen (secondary N) is 2. The average molecular weight is 317 g/mol. The highest BCUT2D eigenvalue weighted by atomic mass is 32.1. The maximum absolute atomic E-state index is 5.19. The summed E-state index contributed by atoms with van der Waals surface area (Å²) in [5, 5.41) is 9.55. The molecule has 0 saturated heterocycles. The van der Waals surface area contributed by atoms with Gasteiger partial charge in [-0.05, 0) is 44.1 Å². The quantitative estimate of drug-likeness (QED) is 0.654. The maximum atomic E-state index is 5.19. The molecule has 0 atom stereocenters. The third-order valence-electron chi connectivity index (χ3n) is 3.06. The molecule has 0 spiro atoms. The smallest absolute Gasteiger partial charge is 0.189 e. The molecule has 110 valence electrons. The molecule has 0 aliphatic rings. The third kappa shape index (κ3) is 3.89. The van der Waals surface area contributed by atoms with Crippen molar-refractivity contribution in [2.45, 2.75) is 20.8 Å². The van der Waals surface area contributed by atoms with E-state index in [0.717, 1.165) is 10.8 Å². The van der Waals surface area contributed by atoms with Crippen LogP contribution in [-0.2, 0) is 0 Å². The molecular formula is C16H19N3S2. The number of aromatic nitrogens is 1. The number of aryl methyl sites for hydroxylation is 3. The van der Waals surface area contributed by atoms with Crippen molar-refractivity contribution in [1.82, 2.24) is 10.3 Å². The van der Waals surface area contributed by atoms with Gasteiger partial charge in [0.05, 0.1) is 5.69 Å². The molecule has 0 radical (unpaired) electrons.